The van der Waals surface area contributed by atoms with Gasteiger partial charge in [-0.1, -0.05) is 55.3 Å². The van der Waals surface area contributed by atoms with Gasteiger partial charge in [0.2, 0.25) is 0 Å². The van der Waals surface area contributed by atoms with Crippen molar-refractivity contribution in [3.63, 3.8) is 0 Å². The fourth-order valence-electron chi connectivity index (χ4n) is 5.84. The van der Waals surface area contributed by atoms with Crippen LogP contribution in [-0.4, -0.2) is 42.8 Å². The SMILES string of the molecule is CCN(Cc1ccc(OCCN2CCCCCC2)cc1)c1ccccc1C1=Cc2ccc(O)cc2CCC1. The number of likely N-dealkylation sites (tertiary alicyclic amines) is 1. The molecule has 0 bridgehead atoms. The second-order valence-electron chi connectivity index (χ2n) is 10.7. The summed E-state index contributed by atoms with van der Waals surface area (Å²) in [5.74, 6) is 1.31. The molecule has 2 aliphatic rings. The Bertz CT molecular complexity index is 1210. The van der Waals surface area contributed by atoms with Crippen LogP contribution in [0.2, 0.25) is 0 Å². The van der Waals surface area contributed by atoms with Crippen molar-refractivity contribution in [3.05, 3.63) is 89.0 Å². The maximum atomic E-state index is 9.94. The van der Waals surface area contributed by atoms with E-state index in [1.165, 1.54) is 72.3 Å². The molecule has 1 N–H and O–H groups in total. The molecular formula is C34H42N2O2. The number of para-hydroxylation sites is 1. The van der Waals surface area contributed by atoms with Gasteiger partial charge in [-0.25, -0.2) is 0 Å². The highest BCUT2D eigenvalue weighted by Gasteiger charge is 2.17. The summed E-state index contributed by atoms with van der Waals surface area (Å²) in [6, 6.07) is 23.2. The molecule has 4 heteroatoms. The molecule has 4 nitrogen and oxygen atoms in total. The van der Waals surface area contributed by atoms with Crippen molar-refractivity contribution in [3.8, 4) is 11.5 Å². The number of nitrogens with zero attached hydrogens (tertiary/aromatic N) is 2. The molecule has 1 aliphatic heterocycles. The van der Waals surface area contributed by atoms with Gasteiger partial charge in [-0.15, -0.1) is 0 Å². The number of aromatic hydroxyl groups is 1. The third-order valence-electron chi connectivity index (χ3n) is 7.99. The highest BCUT2D eigenvalue weighted by molar-refractivity contribution is 5.88. The molecule has 0 atom stereocenters. The number of aryl methyl sites for hydroxylation is 1. The Hall–Kier alpha value is -3.24. The Morgan fingerprint density at radius 2 is 1.66 bits per heavy atom. The summed E-state index contributed by atoms with van der Waals surface area (Å²) in [4.78, 5) is 5.01. The zero-order chi connectivity index (χ0) is 26.2. The van der Waals surface area contributed by atoms with E-state index in [0.717, 1.165) is 51.3 Å². The minimum absolute atomic E-state index is 0.354. The predicted molar refractivity (Wildman–Crippen MR) is 159 cm³/mol. The van der Waals surface area contributed by atoms with Crippen LogP contribution in [0.4, 0.5) is 5.69 Å². The lowest BCUT2D eigenvalue weighted by Gasteiger charge is -2.27. The Morgan fingerprint density at radius 1 is 0.868 bits per heavy atom. The van der Waals surface area contributed by atoms with Gasteiger partial charge in [0.1, 0.15) is 18.1 Å². The molecule has 0 spiro atoms. The average molecular weight is 511 g/mol. The highest BCUT2D eigenvalue weighted by Crippen LogP contribution is 2.36. The standard InChI is InChI=1S/C34H42N2O2/c1-2-36(26-27-14-18-32(19-15-27)38-23-22-35-20-7-3-4-8-21-35)34-13-6-5-12-33(34)30-11-9-10-28-25-31(37)17-16-29(28)24-30/h5-6,12-19,24-25,37H,2-4,7-11,20-23,26H2,1H3. The third-order valence-corrected chi connectivity index (χ3v) is 7.99. The minimum Gasteiger partial charge on any atom is -0.508 e. The number of hydrogen-bond donors (Lipinski definition) is 1. The summed E-state index contributed by atoms with van der Waals surface area (Å²) in [6.45, 7) is 8.22. The molecule has 3 aromatic carbocycles. The van der Waals surface area contributed by atoms with E-state index in [1.807, 2.05) is 12.1 Å². The van der Waals surface area contributed by atoms with Gasteiger partial charge in [-0.2, -0.15) is 0 Å². The van der Waals surface area contributed by atoms with Crippen molar-refractivity contribution < 1.29 is 9.84 Å². The molecule has 200 valence electrons. The number of anilines is 1. The Balaban J connectivity index is 1.26. The lowest BCUT2D eigenvalue weighted by atomic mass is 9.97. The van der Waals surface area contributed by atoms with Crippen LogP contribution in [-0.2, 0) is 13.0 Å². The molecule has 1 fully saturated rings. The number of fused-ring (bicyclic) bond motifs is 1. The molecule has 0 aromatic heterocycles. The lowest BCUT2D eigenvalue weighted by molar-refractivity contribution is 0.214. The fourth-order valence-corrected chi connectivity index (χ4v) is 5.84. The zero-order valence-electron chi connectivity index (χ0n) is 22.9. The van der Waals surface area contributed by atoms with E-state index < -0.39 is 0 Å². The van der Waals surface area contributed by atoms with Gasteiger partial charge in [-0.3, -0.25) is 4.90 Å². The summed E-state index contributed by atoms with van der Waals surface area (Å²) < 4.78 is 6.09. The lowest BCUT2D eigenvalue weighted by Crippen LogP contribution is -2.29. The summed E-state index contributed by atoms with van der Waals surface area (Å²) in [5, 5.41) is 9.94. The van der Waals surface area contributed by atoms with Crippen molar-refractivity contribution in [2.24, 2.45) is 0 Å². The fraction of sp³-hybridized carbons (Fsp3) is 0.412. The monoisotopic (exact) mass is 510 g/mol. The van der Waals surface area contributed by atoms with Gasteiger partial charge in [0.15, 0.2) is 0 Å². The van der Waals surface area contributed by atoms with Crippen molar-refractivity contribution in [2.75, 3.05) is 37.7 Å². The summed E-state index contributed by atoms with van der Waals surface area (Å²) in [6.07, 6.45) is 10.8. The van der Waals surface area contributed by atoms with Gasteiger partial charge < -0.3 is 14.7 Å². The molecular weight excluding hydrogens is 468 g/mol. The Kier molecular flexibility index (Phi) is 9.03. The Morgan fingerprint density at radius 3 is 2.45 bits per heavy atom. The van der Waals surface area contributed by atoms with Crippen molar-refractivity contribution >= 4 is 17.3 Å². The zero-order valence-corrected chi connectivity index (χ0v) is 22.9. The second-order valence-corrected chi connectivity index (χ2v) is 10.7. The molecule has 5 rings (SSSR count). The number of ether oxygens (including phenoxy) is 1. The first-order valence-corrected chi connectivity index (χ1v) is 14.5. The molecule has 1 saturated heterocycles. The number of hydrogen-bond acceptors (Lipinski definition) is 4. The third kappa shape index (κ3) is 6.79. The van der Waals surface area contributed by atoms with E-state index in [-0.39, 0.29) is 0 Å². The number of benzene rings is 3. The van der Waals surface area contributed by atoms with Crippen LogP contribution in [0.5, 0.6) is 11.5 Å². The molecule has 1 heterocycles. The van der Waals surface area contributed by atoms with Crippen LogP contribution in [0.1, 0.15) is 67.7 Å². The van der Waals surface area contributed by atoms with Crippen molar-refractivity contribution in [1.29, 1.82) is 0 Å². The second kappa shape index (κ2) is 13.0. The molecule has 0 amide bonds. The van der Waals surface area contributed by atoms with Gasteiger partial charge in [0, 0.05) is 30.9 Å². The topological polar surface area (TPSA) is 35.9 Å². The average Bonchev–Trinajstić information content (AvgIpc) is 3.33. The molecule has 0 unspecified atom stereocenters. The van der Waals surface area contributed by atoms with Gasteiger partial charge in [0.05, 0.1) is 0 Å². The molecule has 1 aliphatic carbocycles. The largest absolute Gasteiger partial charge is 0.508 e. The minimum atomic E-state index is 0.354. The normalized spacial score (nSPS) is 16.2. The summed E-state index contributed by atoms with van der Waals surface area (Å²) in [7, 11) is 0. The van der Waals surface area contributed by atoms with Crippen LogP contribution < -0.4 is 9.64 Å². The Labute approximate surface area is 228 Å². The highest BCUT2D eigenvalue weighted by atomic mass is 16.5. The molecule has 3 aromatic rings. The van der Waals surface area contributed by atoms with Crippen molar-refractivity contribution in [1.82, 2.24) is 4.90 Å². The van der Waals surface area contributed by atoms with E-state index in [1.54, 1.807) is 6.07 Å². The van der Waals surface area contributed by atoms with Crippen LogP contribution in [0.3, 0.4) is 0 Å². The first-order valence-electron chi connectivity index (χ1n) is 14.5. The summed E-state index contributed by atoms with van der Waals surface area (Å²) >= 11 is 0. The number of phenols is 1. The van der Waals surface area contributed by atoms with E-state index in [4.69, 9.17) is 4.74 Å². The van der Waals surface area contributed by atoms with Gasteiger partial charge in [0.25, 0.3) is 0 Å². The van der Waals surface area contributed by atoms with Crippen molar-refractivity contribution in [2.45, 2.75) is 58.4 Å². The van der Waals surface area contributed by atoms with E-state index in [2.05, 4.69) is 71.3 Å². The quantitative estimate of drug-likeness (QED) is 0.322. The first-order chi connectivity index (χ1) is 18.7. The van der Waals surface area contributed by atoms with Crippen LogP contribution >= 0.6 is 0 Å². The van der Waals surface area contributed by atoms with Crippen LogP contribution in [0.15, 0.2) is 66.7 Å². The predicted octanol–water partition coefficient (Wildman–Crippen LogP) is 7.55. The van der Waals surface area contributed by atoms with Crippen LogP contribution in [0, 0.1) is 0 Å². The molecule has 38 heavy (non-hydrogen) atoms. The smallest absolute Gasteiger partial charge is 0.119 e. The molecule has 0 radical (unpaired) electrons. The van der Waals surface area contributed by atoms with E-state index in [9.17, 15) is 5.11 Å². The maximum Gasteiger partial charge on any atom is 0.119 e. The number of rotatable bonds is 9. The van der Waals surface area contributed by atoms with E-state index in [0.29, 0.717) is 5.75 Å². The number of allylic oxidation sites excluding steroid dienone is 1. The first kappa shape index (κ1) is 26.4. The summed E-state index contributed by atoms with van der Waals surface area (Å²) in [5.41, 5.74) is 7.71. The van der Waals surface area contributed by atoms with Crippen LogP contribution in [0.25, 0.3) is 11.6 Å². The number of phenolic OH excluding ortho intramolecular Hbond substituents is 1. The van der Waals surface area contributed by atoms with Gasteiger partial charge in [-0.05, 0) is 105 Å². The van der Waals surface area contributed by atoms with Gasteiger partial charge >= 0.3 is 0 Å². The maximum absolute atomic E-state index is 9.94. The van der Waals surface area contributed by atoms with E-state index >= 15 is 0 Å². The molecule has 0 saturated carbocycles.